The van der Waals surface area contributed by atoms with Gasteiger partial charge < -0.3 is 5.32 Å². The Morgan fingerprint density at radius 2 is 1.90 bits per heavy atom. The van der Waals surface area contributed by atoms with Gasteiger partial charge in [-0.25, -0.2) is 0 Å². The van der Waals surface area contributed by atoms with Gasteiger partial charge in [0.2, 0.25) is 0 Å². The highest BCUT2D eigenvalue weighted by molar-refractivity contribution is 5.11. The summed E-state index contributed by atoms with van der Waals surface area (Å²) >= 11 is 0. The summed E-state index contributed by atoms with van der Waals surface area (Å²) in [4.78, 5) is 9.83. The van der Waals surface area contributed by atoms with E-state index in [0.717, 1.165) is 31.9 Å². The maximum Gasteiger partial charge on any atom is 0.0547 e. The van der Waals surface area contributed by atoms with Crippen LogP contribution in [0.5, 0.6) is 0 Å². The summed E-state index contributed by atoms with van der Waals surface area (Å²) in [5.41, 5.74) is 2.32. The van der Waals surface area contributed by atoms with Gasteiger partial charge in [-0.15, -0.1) is 0 Å². The molecule has 0 spiro atoms. The maximum atomic E-state index is 4.71. The van der Waals surface area contributed by atoms with Gasteiger partial charge in [0.15, 0.2) is 0 Å². The van der Waals surface area contributed by atoms with Crippen LogP contribution in [0.3, 0.4) is 0 Å². The van der Waals surface area contributed by atoms with E-state index in [1.165, 1.54) is 25.2 Å². The lowest BCUT2D eigenvalue weighted by Crippen LogP contribution is -2.49. The van der Waals surface area contributed by atoms with Gasteiger partial charge in [-0.3, -0.25) is 14.8 Å². The van der Waals surface area contributed by atoms with Crippen LogP contribution in [-0.2, 0) is 13.1 Å². The lowest BCUT2D eigenvalue weighted by Gasteiger charge is -2.37. The molecule has 0 radical (unpaired) electrons. The van der Waals surface area contributed by atoms with Crippen LogP contribution in [-0.4, -0.2) is 54.1 Å². The maximum absolute atomic E-state index is 4.71. The molecule has 0 saturated carbocycles. The van der Waals surface area contributed by atoms with Crippen LogP contribution in [0.4, 0.5) is 0 Å². The minimum absolute atomic E-state index is 0.717. The zero-order valence-corrected chi connectivity index (χ0v) is 13.1. The van der Waals surface area contributed by atoms with E-state index >= 15 is 0 Å². The molecule has 2 heterocycles. The Bertz CT molecular complexity index is 399. The first-order valence-electron chi connectivity index (χ1n) is 7.78. The predicted octanol–water partition coefficient (Wildman–Crippen LogP) is 1.72. The first kappa shape index (κ1) is 15.4. The first-order valence-corrected chi connectivity index (χ1v) is 7.78. The quantitative estimate of drug-likeness (QED) is 0.857. The topological polar surface area (TPSA) is 31.4 Å². The molecule has 4 nitrogen and oxygen atoms in total. The molecule has 112 valence electrons. The Morgan fingerprint density at radius 1 is 1.20 bits per heavy atom. The number of pyridine rings is 1. The van der Waals surface area contributed by atoms with E-state index in [1.807, 2.05) is 7.05 Å². The monoisotopic (exact) mass is 276 g/mol. The number of rotatable bonds is 6. The number of hydrogen-bond donors (Lipinski definition) is 1. The minimum Gasteiger partial charge on any atom is -0.314 e. The zero-order chi connectivity index (χ0) is 14.4. The van der Waals surface area contributed by atoms with Crippen molar-refractivity contribution in [2.45, 2.75) is 39.4 Å². The fraction of sp³-hybridized carbons (Fsp3) is 0.688. The second kappa shape index (κ2) is 7.72. The molecule has 2 rings (SSSR count). The van der Waals surface area contributed by atoms with Gasteiger partial charge in [-0.2, -0.15) is 0 Å². The molecule has 1 atom stereocenters. The van der Waals surface area contributed by atoms with Crippen molar-refractivity contribution in [3.63, 3.8) is 0 Å². The normalized spacial score (nSPS) is 19.1. The van der Waals surface area contributed by atoms with Gasteiger partial charge in [-0.1, -0.05) is 13.0 Å². The summed E-state index contributed by atoms with van der Waals surface area (Å²) in [6.45, 7) is 11.1. The van der Waals surface area contributed by atoms with Crippen LogP contribution in [0.1, 0.15) is 31.7 Å². The average Bonchev–Trinajstić information content (AvgIpc) is 2.48. The number of nitrogens with one attached hydrogen (secondary N) is 1. The average molecular weight is 276 g/mol. The van der Waals surface area contributed by atoms with Gasteiger partial charge in [0.05, 0.1) is 11.4 Å². The molecule has 1 saturated heterocycles. The molecule has 1 fully saturated rings. The standard InChI is InChI=1S/C16H28N4/c1-4-14(2)20-10-8-19(9-11-20)13-16-7-5-6-15(18-16)12-17-3/h5-7,14,17H,4,8-13H2,1-3H3. The van der Waals surface area contributed by atoms with Crippen molar-refractivity contribution in [2.24, 2.45) is 0 Å². The Balaban J connectivity index is 1.84. The van der Waals surface area contributed by atoms with Crippen LogP contribution in [0, 0.1) is 0 Å². The second-order valence-corrected chi connectivity index (χ2v) is 5.72. The molecule has 1 aliphatic heterocycles. The SMILES string of the molecule is CCC(C)N1CCN(Cc2cccc(CNC)n2)CC1. The Kier molecular flexibility index (Phi) is 5.95. The number of aromatic nitrogens is 1. The van der Waals surface area contributed by atoms with Gasteiger partial charge in [-0.05, 0) is 32.5 Å². The number of piperazine rings is 1. The van der Waals surface area contributed by atoms with E-state index < -0.39 is 0 Å². The lowest BCUT2D eigenvalue weighted by atomic mass is 10.2. The smallest absolute Gasteiger partial charge is 0.0547 e. The molecule has 0 aliphatic carbocycles. The largest absolute Gasteiger partial charge is 0.314 e. The Morgan fingerprint density at radius 3 is 2.55 bits per heavy atom. The second-order valence-electron chi connectivity index (χ2n) is 5.72. The zero-order valence-electron chi connectivity index (χ0n) is 13.1. The molecule has 0 amide bonds. The molecule has 0 bridgehead atoms. The van der Waals surface area contributed by atoms with Gasteiger partial charge >= 0.3 is 0 Å². The van der Waals surface area contributed by atoms with Gasteiger partial charge in [0, 0.05) is 45.3 Å². The van der Waals surface area contributed by atoms with E-state index in [2.05, 4.69) is 47.2 Å². The molecular formula is C16H28N4. The summed E-state index contributed by atoms with van der Waals surface area (Å²) in [6, 6.07) is 7.06. The Labute approximate surface area is 123 Å². The fourth-order valence-electron chi connectivity index (χ4n) is 2.75. The number of hydrogen-bond acceptors (Lipinski definition) is 4. The van der Waals surface area contributed by atoms with E-state index in [0.29, 0.717) is 6.04 Å². The lowest BCUT2D eigenvalue weighted by molar-refractivity contribution is 0.0955. The highest BCUT2D eigenvalue weighted by atomic mass is 15.3. The molecule has 1 aromatic rings. The van der Waals surface area contributed by atoms with E-state index in [1.54, 1.807) is 0 Å². The summed E-state index contributed by atoms with van der Waals surface area (Å²) in [6.07, 6.45) is 1.24. The highest BCUT2D eigenvalue weighted by Gasteiger charge is 2.20. The van der Waals surface area contributed by atoms with Crippen molar-refractivity contribution in [2.75, 3.05) is 33.2 Å². The third-order valence-electron chi connectivity index (χ3n) is 4.23. The molecule has 1 unspecified atom stereocenters. The van der Waals surface area contributed by atoms with Crippen molar-refractivity contribution < 1.29 is 0 Å². The van der Waals surface area contributed by atoms with Crippen LogP contribution >= 0.6 is 0 Å². The van der Waals surface area contributed by atoms with Crippen LogP contribution in [0.15, 0.2) is 18.2 Å². The van der Waals surface area contributed by atoms with Crippen molar-refractivity contribution in [1.29, 1.82) is 0 Å². The van der Waals surface area contributed by atoms with Crippen LogP contribution < -0.4 is 5.32 Å². The molecule has 1 aromatic heterocycles. The molecule has 1 N–H and O–H groups in total. The number of nitrogens with zero attached hydrogens (tertiary/aromatic N) is 3. The van der Waals surface area contributed by atoms with Crippen molar-refractivity contribution in [3.05, 3.63) is 29.6 Å². The van der Waals surface area contributed by atoms with E-state index in [4.69, 9.17) is 4.98 Å². The first-order chi connectivity index (χ1) is 9.72. The van der Waals surface area contributed by atoms with Gasteiger partial charge in [0.1, 0.15) is 0 Å². The van der Waals surface area contributed by atoms with Crippen molar-refractivity contribution in [3.8, 4) is 0 Å². The summed E-state index contributed by atoms with van der Waals surface area (Å²) in [5.74, 6) is 0. The fourth-order valence-corrected chi connectivity index (χ4v) is 2.75. The molecule has 20 heavy (non-hydrogen) atoms. The summed E-state index contributed by atoms with van der Waals surface area (Å²) in [7, 11) is 1.96. The van der Waals surface area contributed by atoms with Crippen LogP contribution in [0.2, 0.25) is 0 Å². The van der Waals surface area contributed by atoms with E-state index in [-0.39, 0.29) is 0 Å². The van der Waals surface area contributed by atoms with E-state index in [9.17, 15) is 0 Å². The highest BCUT2D eigenvalue weighted by Crippen LogP contribution is 2.11. The minimum atomic E-state index is 0.717. The van der Waals surface area contributed by atoms with Crippen molar-refractivity contribution >= 4 is 0 Å². The summed E-state index contributed by atoms with van der Waals surface area (Å²) in [5, 5.41) is 3.16. The predicted molar refractivity (Wildman–Crippen MR) is 83.6 cm³/mol. The third-order valence-corrected chi connectivity index (χ3v) is 4.23. The van der Waals surface area contributed by atoms with Crippen LogP contribution in [0.25, 0.3) is 0 Å². The Hall–Kier alpha value is -0.970. The molecule has 0 aromatic carbocycles. The molecule has 4 heteroatoms. The van der Waals surface area contributed by atoms with Gasteiger partial charge in [0.25, 0.3) is 0 Å². The molecular weight excluding hydrogens is 248 g/mol. The van der Waals surface area contributed by atoms with Crippen molar-refractivity contribution in [1.82, 2.24) is 20.1 Å². The molecule has 1 aliphatic rings. The summed E-state index contributed by atoms with van der Waals surface area (Å²) < 4.78 is 0. The third kappa shape index (κ3) is 4.27.